The topological polar surface area (TPSA) is 40.5 Å². The van der Waals surface area contributed by atoms with Crippen molar-refractivity contribution >= 4 is 16.8 Å². The normalized spacial score (nSPS) is 12.6. The van der Waals surface area contributed by atoms with E-state index in [0.717, 1.165) is 5.69 Å². The Bertz CT molecular complexity index is 299. The Morgan fingerprint density at radius 1 is 1.33 bits per heavy atom. The van der Waals surface area contributed by atoms with E-state index in [4.69, 9.17) is 4.55 Å². The summed E-state index contributed by atoms with van der Waals surface area (Å²) in [6.07, 6.45) is 0. The summed E-state index contributed by atoms with van der Waals surface area (Å²) in [5, 5.41) is 0. The van der Waals surface area contributed by atoms with E-state index >= 15 is 0 Å². The van der Waals surface area contributed by atoms with Crippen molar-refractivity contribution in [3.63, 3.8) is 0 Å². The van der Waals surface area contributed by atoms with E-state index in [9.17, 15) is 4.21 Å². The Kier molecular flexibility index (Phi) is 2.83. The van der Waals surface area contributed by atoms with Crippen LogP contribution in [0.25, 0.3) is 0 Å². The Hall–Kier alpha value is -0.870. The minimum absolute atomic E-state index is 0.447. The molecular weight excluding hydrogens is 174 g/mol. The second kappa shape index (κ2) is 3.69. The summed E-state index contributed by atoms with van der Waals surface area (Å²) in [5.41, 5.74) is 0.776. The first kappa shape index (κ1) is 9.22. The minimum Gasteiger partial charge on any atom is -0.377 e. The van der Waals surface area contributed by atoms with Crippen LogP contribution in [-0.2, 0) is 11.1 Å². The summed E-state index contributed by atoms with van der Waals surface area (Å²) in [6.45, 7) is 0. The molecule has 3 nitrogen and oxygen atoms in total. The van der Waals surface area contributed by atoms with Gasteiger partial charge in [-0.2, -0.15) is 0 Å². The number of para-hydroxylation sites is 1. The Morgan fingerprint density at radius 3 is 2.33 bits per heavy atom. The highest BCUT2D eigenvalue weighted by molar-refractivity contribution is 7.79. The molecule has 0 heterocycles. The van der Waals surface area contributed by atoms with E-state index in [2.05, 4.69) is 0 Å². The molecule has 4 heteroatoms. The Balaban J connectivity index is 3.17. The van der Waals surface area contributed by atoms with Gasteiger partial charge in [0.05, 0.1) is 10.6 Å². The predicted molar refractivity (Wildman–Crippen MR) is 49.8 cm³/mol. The van der Waals surface area contributed by atoms with E-state index in [0.29, 0.717) is 4.90 Å². The summed E-state index contributed by atoms with van der Waals surface area (Å²) in [4.78, 5) is 2.26. The molecule has 0 amide bonds. The molecule has 0 fully saturated rings. The average Bonchev–Trinajstić information content (AvgIpc) is 2.04. The van der Waals surface area contributed by atoms with Crippen LogP contribution in [0.15, 0.2) is 29.2 Å². The molecular formula is C8H11NO2S. The fourth-order valence-electron chi connectivity index (χ4n) is 0.974. The largest absolute Gasteiger partial charge is 0.377 e. The van der Waals surface area contributed by atoms with E-state index in [1.54, 1.807) is 12.1 Å². The molecule has 1 atom stereocenters. The molecule has 0 aromatic heterocycles. The zero-order valence-corrected chi connectivity index (χ0v) is 7.84. The third kappa shape index (κ3) is 1.84. The molecule has 1 N–H and O–H groups in total. The van der Waals surface area contributed by atoms with Gasteiger partial charge in [0.2, 0.25) is 0 Å². The maximum absolute atomic E-state index is 10.8. The first-order valence-corrected chi connectivity index (χ1v) is 4.61. The third-order valence-electron chi connectivity index (χ3n) is 1.54. The fourth-order valence-corrected chi connectivity index (χ4v) is 1.60. The van der Waals surface area contributed by atoms with E-state index in [1.165, 1.54) is 0 Å². The second-order valence-electron chi connectivity index (χ2n) is 2.61. The highest BCUT2D eigenvalue weighted by Gasteiger charge is 2.07. The van der Waals surface area contributed by atoms with Gasteiger partial charge in [0.1, 0.15) is 0 Å². The molecule has 0 bridgehead atoms. The van der Waals surface area contributed by atoms with Crippen LogP contribution in [0.2, 0.25) is 0 Å². The van der Waals surface area contributed by atoms with Gasteiger partial charge in [-0.05, 0) is 12.1 Å². The van der Waals surface area contributed by atoms with Gasteiger partial charge in [-0.1, -0.05) is 12.1 Å². The summed E-state index contributed by atoms with van der Waals surface area (Å²) >= 11 is -1.90. The van der Waals surface area contributed by atoms with Gasteiger partial charge >= 0.3 is 0 Å². The molecule has 12 heavy (non-hydrogen) atoms. The number of nitrogens with zero attached hydrogens (tertiary/aromatic N) is 1. The van der Waals surface area contributed by atoms with Crippen molar-refractivity contribution < 1.29 is 8.76 Å². The van der Waals surface area contributed by atoms with E-state index in [1.807, 2.05) is 31.1 Å². The number of benzene rings is 1. The Labute approximate surface area is 74.3 Å². The van der Waals surface area contributed by atoms with E-state index in [-0.39, 0.29) is 0 Å². The molecule has 0 spiro atoms. The molecule has 0 radical (unpaired) electrons. The molecule has 0 aliphatic carbocycles. The number of hydrogen-bond acceptors (Lipinski definition) is 2. The quantitative estimate of drug-likeness (QED) is 0.707. The van der Waals surface area contributed by atoms with Gasteiger partial charge in [0, 0.05) is 14.1 Å². The minimum atomic E-state index is -1.90. The fraction of sp³-hybridized carbons (Fsp3) is 0.250. The molecule has 1 aromatic rings. The number of anilines is 1. The third-order valence-corrected chi connectivity index (χ3v) is 2.26. The van der Waals surface area contributed by atoms with Crippen LogP contribution in [0.4, 0.5) is 5.69 Å². The SMILES string of the molecule is CN(C)c1ccccc1S(=O)O. The standard InChI is InChI=1S/C8H11NO2S/c1-9(2)7-5-3-4-6-8(7)12(10)11/h3-6H,1-2H3,(H,10,11). The molecule has 1 rings (SSSR count). The first-order valence-electron chi connectivity index (χ1n) is 3.50. The van der Waals surface area contributed by atoms with Crippen LogP contribution in [0, 0.1) is 0 Å². The van der Waals surface area contributed by atoms with Gasteiger partial charge < -0.3 is 9.45 Å². The number of hydrogen-bond donors (Lipinski definition) is 1. The smallest absolute Gasteiger partial charge is 0.188 e. The highest BCUT2D eigenvalue weighted by atomic mass is 32.2. The lowest BCUT2D eigenvalue weighted by molar-refractivity contribution is 0.564. The zero-order valence-electron chi connectivity index (χ0n) is 7.02. The van der Waals surface area contributed by atoms with Gasteiger partial charge in [0.25, 0.3) is 0 Å². The van der Waals surface area contributed by atoms with Crippen molar-refractivity contribution in [2.75, 3.05) is 19.0 Å². The predicted octanol–water partition coefficient (Wildman–Crippen LogP) is 1.33. The molecule has 0 saturated carbocycles. The monoisotopic (exact) mass is 185 g/mol. The summed E-state index contributed by atoms with van der Waals surface area (Å²) in [5.74, 6) is 0. The molecule has 0 saturated heterocycles. The van der Waals surface area contributed by atoms with Crippen LogP contribution in [0.3, 0.4) is 0 Å². The van der Waals surface area contributed by atoms with Crippen molar-refractivity contribution in [2.24, 2.45) is 0 Å². The van der Waals surface area contributed by atoms with Crippen LogP contribution in [0.5, 0.6) is 0 Å². The highest BCUT2D eigenvalue weighted by Crippen LogP contribution is 2.20. The van der Waals surface area contributed by atoms with Gasteiger partial charge in [-0.25, -0.2) is 4.21 Å². The molecule has 1 aromatic carbocycles. The van der Waals surface area contributed by atoms with Gasteiger partial charge in [-0.3, -0.25) is 0 Å². The van der Waals surface area contributed by atoms with Crippen LogP contribution in [-0.4, -0.2) is 22.9 Å². The molecule has 0 aliphatic rings. The lowest BCUT2D eigenvalue weighted by Crippen LogP contribution is -2.11. The van der Waals surface area contributed by atoms with Crippen LogP contribution >= 0.6 is 0 Å². The van der Waals surface area contributed by atoms with Gasteiger partial charge in [0.15, 0.2) is 11.1 Å². The van der Waals surface area contributed by atoms with Crippen molar-refractivity contribution in [1.29, 1.82) is 0 Å². The van der Waals surface area contributed by atoms with Gasteiger partial charge in [-0.15, -0.1) is 0 Å². The lowest BCUT2D eigenvalue weighted by Gasteiger charge is -2.14. The first-order chi connectivity index (χ1) is 5.63. The Morgan fingerprint density at radius 2 is 1.92 bits per heavy atom. The van der Waals surface area contributed by atoms with Crippen molar-refractivity contribution in [2.45, 2.75) is 4.90 Å². The van der Waals surface area contributed by atoms with Crippen molar-refractivity contribution in [3.8, 4) is 0 Å². The zero-order chi connectivity index (χ0) is 9.14. The summed E-state index contributed by atoms with van der Waals surface area (Å²) in [7, 11) is 3.68. The van der Waals surface area contributed by atoms with Crippen LogP contribution in [0.1, 0.15) is 0 Å². The molecule has 0 aliphatic heterocycles. The van der Waals surface area contributed by atoms with E-state index < -0.39 is 11.1 Å². The maximum Gasteiger partial charge on any atom is 0.188 e. The van der Waals surface area contributed by atoms with Crippen molar-refractivity contribution in [1.82, 2.24) is 0 Å². The maximum atomic E-state index is 10.8. The average molecular weight is 185 g/mol. The molecule has 66 valence electrons. The summed E-state index contributed by atoms with van der Waals surface area (Å²) < 4.78 is 19.7. The van der Waals surface area contributed by atoms with Crippen molar-refractivity contribution in [3.05, 3.63) is 24.3 Å². The molecule has 1 unspecified atom stereocenters. The number of rotatable bonds is 2. The second-order valence-corrected chi connectivity index (χ2v) is 3.55. The van der Waals surface area contributed by atoms with Crippen LogP contribution < -0.4 is 4.90 Å². The summed E-state index contributed by atoms with van der Waals surface area (Å²) in [6, 6.07) is 7.04. The lowest BCUT2D eigenvalue weighted by atomic mass is 10.3.